The van der Waals surface area contributed by atoms with E-state index in [-0.39, 0.29) is 11.5 Å². The van der Waals surface area contributed by atoms with Crippen LogP contribution < -0.4 is 0 Å². The minimum Gasteiger partial charge on any atom is -0.363 e. The maximum absolute atomic E-state index is 10.1. The molecule has 2 rings (SSSR count). The van der Waals surface area contributed by atoms with Crippen molar-refractivity contribution in [3.8, 4) is 0 Å². The van der Waals surface area contributed by atoms with Crippen molar-refractivity contribution in [1.82, 2.24) is 0 Å². The third-order valence-corrected chi connectivity index (χ3v) is 6.10. The lowest BCUT2D eigenvalue weighted by Crippen LogP contribution is -2.49. The van der Waals surface area contributed by atoms with Crippen LogP contribution in [0.5, 0.6) is 0 Å². The molecule has 0 aliphatic carbocycles. The van der Waals surface area contributed by atoms with Crippen LogP contribution in [0.4, 0.5) is 0 Å². The van der Waals surface area contributed by atoms with Gasteiger partial charge >= 0.3 is 0 Å². The summed E-state index contributed by atoms with van der Waals surface area (Å²) in [5.41, 5.74) is 1.18. The fraction of sp³-hybridized carbons (Fsp3) is 0.750. The molecular weight excluding hydrogens is 336 g/mol. The van der Waals surface area contributed by atoms with E-state index < -0.39 is 5.79 Å². The molecule has 1 heterocycles. The average Bonchev–Trinajstić information content (AvgIpc) is 2.62. The Morgan fingerprint density at radius 1 is 1.00 bits per heavy atom. The minimum atomic E-state index is -1.16. The van der Waals surface area contributed by atoms with E-state index >= 15 is 0 Å². The van der Waals surface area contributed by atoms with Crippen LogP contribution in [0.15, 0.2) is 30.3 Å². The van der Waals surface area contributed by atoms with E-state index in [1.807, 2.05) is 6.92 Å². The van der Waals surface area contributed by atoms with E-state index in [0.717, 1.165) is 12.8 Å². The molecule has 0 unspecified atom stereocenters. The summed E-state index contributed by atoms with van der Waals surface area (Å²) in [5, 5.41) is 10.1. The van der Waals surface area contributed by atoms with Crippen LogP contribution in [0.3, 0.4) is 0 Å². The normalized spacial score (nSPS) is 29.6. The Balaban J connectivity index is 1.50. The summed E-state index contributed by atoms with van der Waals surface area (Å²) in [6.07, 6.45) is 12.2. The molecule has 0 spiro atoms. The Labute approximate surface area is 166 Å². The number of hydrogen-bond acceptors (Lipinski definition) is 3. The van der Waals surface area contributed by atoms with Crippen LogP contribution >= 0.6 is 0 Å². The van der Waals surface area contributed by atoms with Crippen molar-refractivity contribution < 1.29 is 14.9 Å². The second kappa shape index (κ2) is 10.6. The van der Waals surface area contributed by atoms with Crippen LogP contribution in [-0.2, 0) is 16.2 Å². The summed E-state index contributed by atoms with van der Waals surface area (Å²) in [6, 6.07) is 10.8. The lowest BCUT2D eigenvalue weighted by molar-refractivity contribution is -0.493. The van der Waals surface area contributed by atoms with Gasteiger partial charge in [-0.25, -0.2) is 9.78 Å². The lowest BCUT2D eigenvalue weighted by Gasteiger charge is -2.44. The van der Waals surface area contributed by atoms with Gasteiger partial charge in [-0.05, 0) is 51.0 Å². The Kier molecular flexibility index (Phi) is 8.78. The van der Waals surface area contributed by atoms with Gasteiger partial charge in [-0.15, -0.1) is 0 Å². The predicted molar refractivity (Wildman–Crippen MR) is 111 cm³/mol. The van der Waals surface area contributed by atoms with Crippen LogP contribution in [0.25, 0.3) is 0 Å². The predicted octanol–water partition coefficient (Wildman–Crippen LogP) is 6.44. The van der Waals surface area contributed by atoms with E-state index in [9.17, 15) is 5.11 Å². The highest BCUT2D eigenvalue weighted by Crippen LogP contribution is 2.40. The van der Waals surface area contributed by atoms with Crippen LogP contribution in [0.2, 0.25) is 0 Å². The quantitative estimate of drug-likeness (QED) is 0.357. The monoisotopic (exact) mass is 376 g/mol. The Morgan fingerprint density at radius 2 is 1.63 bits per heavy atom. The number of rotatable bonds is 11. The number of unbranched alkanes of at least 4 members (excludes halogenated alkanes) is 5. The molecule has 1 aromatic carbocycles. The first kappa shape index (κ1) is 22.4. The number of aliphatic hydroxyl groups is 1. The lowest BCUT2D eigenvalue weighted by atomic mass is 9.81. The van der Waals surface area contributed by atoms with Crippen molar-refractivity contribution in [2.45, 2.75) is 103 Å². The number of hydrogen-bond donors (Lipinski definition) is 1. The van der Waals surface area contributed by atoms with E-state index in [0.29, 0.717) is 5.92 Å². The van der Waals surface area contributed by atoms with Crippen molar-refractivity contribution in [2.75, 3.05) is 0 Å². The number of benzene rings is 1. The molecule has 1 aromatic rings. The van der Waals surface area contributed by atoms with Gasteiger partial charge in [-0.1, -0.05) is 82.7 Å². The molecule has 0 saturated carbocycles. The highest BCUT2D eigenvalue weighted by atomic mass is 17.2. The molecule has 1 aliphatic rings. The topological polar surface area (TPSA) is 38.7 Å². The van der Waals surface area contributed by atoms with Crippen molar-refractivity contribution in [3.63, 3.8) is 0 Å². The maximum Gasteiger partial charge on any atom is 0.198 e. The van der Waals surface area contributed by atoms with E-state index in [4.69, 9.17) is 9.78 Å². The zero-order valence-corrected chi connectivity index (χ0v) is 17.9. The zero-order chi connectivity index (χ0) is 19.8. The Hall–Kier alpha value is -0.900. The van der Waals surface area contributed by atoms with Gasteiger partial charge in [0.15, 0.2) is 5.79 Å². The van der Waals surface area contributed by atoms with Gasteiger partial charge in [0.25, 0.3) is 0 Å². The molecule has 154 valence electrons. The highest BCUT2D eigenvalue weighted by Gasteiger charge is 2.44. The smallest absolute Gasteiger partial charge is 0.198 e. The molecule has 1 saturated heterocycles. The fourth-order valence-corrected chi connectivity index (χ4v) is 4.27. The second-order valence-corrected chi connectivity index (χ2v) is 9.23. The van der Waals surface area contributed by atoms with E-state index in [2.05, 4.69) is 44.2 Å². The summed E-state index contributed by atoms with van der Waals surface area (Å²) < 4.78 is 0. The summed E-state index contributed by atoms with van der Waals surface area (Å²) in [5.74, 6) is -0.463. The van der Waals surface area contributed by atoms with Crippen LogP contribution in [0, 0.1) is 11.8 Å². The van der Waals surface area contributed by atoms with Gasteiger partial charge in [0.1, 0.15) is 5.60 Å². The first-order chi connectivity index (χ1) is 12.8. The van der Waals surface area contributed by atoms with Gasteiger partial charge in [0, 0.05) is 5.92 Å². The van der Waals surface area contributed by atoms with Crippen LogP contribution in [-0.4, -0.2) is 16.5 Å². The van der Waals surface area contributed by atoms with E-state index in [1.54, 1.807) is 6.92 Å². The first-order valence-electron chi connectivity index (χ1n) is 10.9. The van der Waals surface area contributed by atoms with Gasteiger partial charge < -0.3 is 5.11 Å². The molecule has 0 radical (unpaired) electrons. The third-order valence-electron chi connectivity index (χ3n) is 6.10. The Morgan fingerprint density at radius 3 is 2.30 bits per heavy atom. The summed E-state index contributed by atoms with van der Waals surface area (Å²) >= 11 is 0. The fourth-order valence-electron chi connectivity index (χ4n) is 4.27. The van der Waals surface area contributed by atoms with Crippen molar-refractivity contribution in [2.24, 2.45) is 11.8 Å². The molecule has 1 aliphatic heterocycles. The highest BCUT2D eigenvalue weighted by molar-refractivity contribution is 5.14. The molecule has 1 fully saturated rings. The third kappa shape index (κ3) is 7.93. The Bertz CT molecular complexity index is 528. The van der Waals surface area contributed by atoms with Gasteiger partial charge in [-0.3, -0.25) is 0 Å². The molecule has 4 atom stereocenters. The summed E-state index contributed by atoms with van der Waals surface area (Å²) in [7, 11) is 0. The molecule has 0 amide bonds. The largest absolute Gasteiger partial charge is 0.363 e. The van der Waals surface area contributed by atoms with Gasteiger partial charge in [0.05, 0.1) is 0 Å². The first-order valence-corrected chi connectivity index (χ1v) is 10.9. The van der Waals surface area contributed by atoms with Crippen LogP contribution in [0.1, 0.15) is 91.0 Å². The van der Waals surface area contributed by atoms with Crippen molar-refractivity contribution >= 4 is 0 Å². The molecule has 0 bridgehead atoms. The number of aryl methyl sites for hydroxylation is 1. The van der Waals surface area contributed by atoms with Crippen molar-refractivity contribution in [3.05, 3.63) is 35.9 Å². The van der Waals surface area contributed by atoms with Gasteiger partial charge in [-0.2, -0.15) is 0 Å². The second-order valence-electron chi connectivity index (χ2n) is 9.23. The van der Waals surface area contributed by atoms with Crippen molar-refractivity contribution in [1.29, 1.82) is 0 Å². The summed E-state index contributed by atoms with van der Waals surface area (Å²) in [4.78, 5) is 10.8. The molecule has 3 nitrogen and oxygen atoms in total. The average molecular weight is 377 g/mol. The minimum absolute atomic E-state index is 0.0827. The summed E-state index contributed by atoms with van der Waals surface area (Å²) in [6.45, 7) is 8.14. The molecule has 0 aromatic heterocycles. The maximum atomic E-state index is 10.1. The standard InChI is InChI=1S/C24H40O3/c1-20(18-23(3)19-21(2)24(4,25)27-26-23)14-10-7-5-6-8-11-15-22-16-12-9-13-17-22/h9,12-13,16-17,20-21,25H,5-8,10-11,14-15,18-19H2,1-4H3/t20-,21-,23+,24+/m1/s1. The van der Waals surface area contributed by atoms with Gasteiger partial charge in [0.2, 0.25) is 0 Å². The molecule has 3 heteroatoms. The molecule has 1 N–H and O–H groups in total. The molecule has 27 heavy (non-hydrogen) atoms. The zero-order valence-electron chi connectivity index (χ0n) is 17.9. The van der Waals surface area contributed by atoms with E-state index in [1.165, 1.54) is 56.9 Å². The molecular formula is C24H40O3. The SMILES string of the molecule is C[C@H](CCCCCCCCc1ccccc1)C[C@@]1(C)C[C@@H](C)[C@@](C)(O)OO1.